The molecule has 19 heavy (non-hydrogen) atoms. The van der Waals surface area contributed by atoms with Gasteiger partial charge in [-0.05, 0) is 38.4 Å². The standard InChI is InChI=1S/C15H22N4/c1-3-19(11-12-7-6-10-16-12)15-17-13-8-4-5-9-14(13)18(15)2/h4-5,8-9,12,16H,3,6-7,10-11H2,1-2H3. The van der Waals surface area contributed by atoms with Crippen LogP contribution in [0, 0.1) is 0 Å². The van der Waals surface area contributed by atoms with E-state index >= 15 is 0 Å². The molecule has 1 atom stereocenters. The Balaban J connectivity index is 1.89. The molecule has 2 aromatic rings. The van der Waals surface area contributed by atoms with E-state index in [-0.39, 0.29) is 0 Å². The second kappa shape index (κ2) is 5.21. The van der Waals surface area contributed by atoms with Crippen LogP contribution in [0.5, 0.6) is 0 Å². The van der Waals surface area contributed by atoms with Crippen LogP contribution >= 0.6 is 0 Å². The maximum atomic E-state index is 4.79. The zero-order valence-electron chi connectivity index (χ0n) is 11.8. The SMILES string of the molecule is CCN(CC1CCCN1)c1nc2ccccc2n1C. The summed E-state index contributed by atoms with van der Waals surface area (Å²) in [5.74, 6) is 1.08. The zero-order valence-corrected chi connectivity index (χ0v) is 11.8. The molecule has 0 aliphatic carbocycles. The highest BCUT2D eigenvalue weighted by atomic mass is 15.3. The van der Waals surface area contributed by atoms with Crippen molar-refractivity contribution in [3.8, 4) is 0 Å². The smallest absolute Gasteiger partial charge is 0.206 e. The topological polar surface area (TPSA) is 33.1 Å². The number of anilines is 1. The van der Waals surface area contributed by atoms with Crippen LogP contribution in [0.3, 0.4) is 0 Å². The Hall–Kier alpha value is -1.55. The lowest BCUT2D eigenvalue weighted by atomic mass is 10.2. The summed E-state index contributed by atoms with van der Waals surface area (Å²) >= 11 is 0. The van der Waals surface area contributed by atoms with E-state index in [9.17, 15) is 0 Å². The minimum atomic E-state index is 0.611. The number of aromatic nitrogens is 2. The average molecular weight is 258 g/mol. The minimum Gasteiger partial charge on any atom is -0.341 e. The van der Waals surface area contributed by atoms with Gasteiger partial charge in [0, 0.05) is 26.2 Å². The van der Waals surface area contributed by atoms with Gasteiger partial charge in [0.15, 0.2) is 0 Å². The van der Waals surface area contributed by atoms with Gasteiger partial charge in [0.05, 0.1) is 11.0 Å². The van der Waals surface area contributed by atoms with Gasteiger partial charge in [0.25, 0.3) is 0 Å². The van der Waals surface area contributed by atoms with Crippen LogP contribution in [0.15, 0.2) is 24.3 Å². The molecule has 0 amide bonds. The van der Waals surface area contributed by atoms with Crippen LogP contribution in [-0.2, 0) is 7.05 Å². The van der Waals surface area contributed by atoms with Gasteiger partial charge in [-0.3, -0.25) is 0 Å². The molecule has 1 saturated heterocycles. The molecule has 0 radical (unpaired) electrons. The van der Waals surface area contributed by atoms with Crippen LogP contribution < -0.4 is 10.2 Å². The van der Waals surface area contributed by atoms with Gasteiger partial charge in [-0.2, -0.15) is 0 Å². The van der Waals surface area contributed by atoms with Gasteiger partial charge < -0.3 is 14.8 Å². The van der Waals surface area contributed by atoms with E-state index in [4.69, 9.17) is 4.98 Å². The van der Waals surface area contributed by atoms with Crippen LogP contribution in [0.4, 0.5) is 5.95 Å². The summed E-state index contributed by atoms with van der Waals surface area (Å²) in [6.07, 6.45) is 2.57. The first-order valence-electron chi connectivity index (χ1n) is 7.19. The molecule has 1 aromatic heterocycles. The molecule has 1 N–H and O–H groups in total. The summed E-state index contributed by atoms with van der Waals surface area (Å²) in [5.41, 5.74) is 2.29. The van der Waals surface area contributed by atoms with Crippen LogP contribution in [0.25, 0.3) is 11.0 Å². The Morgan fingerprint density at radius 1 is 1.42 bits per heavy atom. The van der Waals surface area contributed by atoms with E-state index in [1.54, 1.807) is 0 Å². The Labute approximate surface area is 114 Å². The van der Waals surface area contributed by atoms with Gasteiger partial charge >= 0.3 is 0 Å². The molecule has 1 aliphatic heterocycles. The predicted octanol–water partition coefficient (Wildman–Crippen LogP) is 2.15. The number of nitrogens with one attached hydrogen (secondary N) is 1. The number of likely N-dealkylation sites (N-methyl/N-ethyl adjacent to an activating group) is 1. The molecule has 1 unspecified atom stereocenters. The molecule has 1 fully saturated rings. The third-order valence-electron chi connectivity index (χ3n) is 4.03. The number of para-hydroxylation sites is 2. The fraction of sp³-hybridized carbons (Fsp3) is 0.533. The van der Waals surface area contributed by atoms with Gasteiger partial charge in [0.2, 0.25) is 5.95 Å². The van der Waals surface area contributed by atoms with E-state index in [0.29, 0.717) is 6.04 Å². The van der Waals surface area contributed by atoms with E-state index in [1.165, 1.54) is 18.4 Å². The highest BCUT2D eigenvalue weighted by Gasteiger charge is 2.20. The van der Waals surface area contributed by atoms with Gasteiger partial charge in [0.1, 0.15) is 0 Å². The summed E-state index contributed by atoms with van der Waals surface area (Å²) in [6, 6.07) is 8.95. The number of benzene rings is 1. The van der Waals surface area contributed by atoms with Crippen molar-refractivity contribution in [1.82, 2.24) is 14.9 Å². The van der Waals surface area contributed by atoms with Crippen molar-refractivity contribution in [2.45, 2.75) is 25.8 Å². The maximum Gasteiger partial charge on any atom is 0.206 e. The molecule has 1 aliphatic rings. The van der Waals surface area contributed by atoms with Crippen LogP contribution in [0.2, 0.25) is 0 Å². The van der Waals surface area contributed by atoms with Gasteiger partial charge in [-0.25, -0.2) is 4.98 Å². The number of fused-ring (bicyclic) bond motifs is 1. The number of hydrogen-bond acceptors (Lipinski definition) is 3. The fourth-order valence-corrected chi connectivity index (χ4v) is 2.95. The summed E-state index contributed by atoms with van der Waals surface area (Å²) in [6.45, 7) is 5.40. The predicted molar refractivity (Wildman–Crippen MR) is 79.6 cm³/mol. The normalized spacial score (nSPS) is 19.2. The molecule has 102 valence electrons. The first-order valence-corrected chi connectivity index (χ1v) is 7.19. The Bertz CT molecular complexity index is 554. The first kappa shape index (κ1) is 12.5. The molecule has 1 aromatic carbocycles. The van der Waals surface area contributed by atoms with E-state index < -0.39 is 0 Å². The summed E-state index contributed by atoms with van der Waals surface area (Å²) < 4.78 is 2.20. The van der Waals surface area contributed by atoms with Gasteiger partial charge in [-0.1, -0.05) is 12.1 Å². The number of hydrogen-bond donors (Lipinski definition) is 1. The maximum absolute atomic E-state index is 4.79. The van der Waals surface area contributed by atoms with E-state index in [1.807, 2.05) is 6.07 Å². The first-order chi connectivity index (χ1) is 9.29. The molecular formula is C15H22N4. The third kappa shape index (κ3) is 2.32. The largest absolute Gasteiger partial charge is 0.341 e. The highest BCUT2D eigenvalue weighted by molar-refractivity contribution is 5.78. The number of imidazole rings is 1. The summed E-state index contributed by atoms with van der Waals surface area (Å²) in [4.78, 5) is 7.16. The van der Waals surface area contributed by atoms with Crippen molar-refractivity contribution in [1.29, 1.82) is 0 Å². The lowest BCUT2D eigenvalue weighted by Gasteiger charge is -2.25. The lowest BCUT2D eigenvalue weighted by Crippen LogP contribution is -2.38. The average Bonchev–Trinajstić information content (AvgIpc) is 3.05. The molecule has 4 heteroatoms. The monoisotopic (exact) mass is 258 g/mol. The lowest BCUT2D eigenvalue weighted by molar-refractivity contribution is 0.577. The van der Waals surface area contributed by atoms with Crippen molar-refractivity contribution in [3.05, 3.63) is 24.3 Å². The van der Waals surface area contributed by atoms with Crippen molar-refractivity contribution >= 4 is 17.0 Å². The van der Waals surface area contributed by atoms with Crippen LogP contribution in [-0.4, -0.2) is 35.2 Å². The number of rotatable bonds is 4. The molecule has 0 spiro atoms. The highest BCUT2D eigenvalue weighted by Crippen LogP contribution is 2.21. The van der Waals surface area contributed by atoms with Crippen LogP contribution in [0.1, 0.15) is 19.8 Å². The van der Waals surface area contributed by atoms with Crippen molar-refractivity contribution in [2.75, 3.05) is 24.5 Å². The minimum absolute atomic E-state index is 0.611. The molecule has 0 saturated carbocycles. The third-order valence-corrected chi connectivity index (χ3v) is 4.03. The number of aryl methyl sites for hydroxylation is 1. The molecule has 0 bridgehead atoms. The van der Waals surface area contributed by atoms with E-state index in [0.717, 1.165) is 31.1 Å². The Kier molecular flexibility index (Phi) is 3.42. The molecule has 2 heterocycles. The quantitative estimate of drug-likeness (QED) is 0.912. The molecule has 3 rings (SSSR count). The Morgan fingerprint density at radius 2 is 2.26 bits per heavy atom. The van der Waals surface area contributed by atoms with E-state index in [2.05, 4.69) is 47.0 Å². The van der Waals surface area contributed by atoms with Crippen molar-refractivity contribution in [3.63, 3.8) is 0 Å². The second-order valence-corrected chi connectivity index (χ2v) is 5.29. The summed E-state index contributed by atoms with van der Waals surface area (Å²) in [7, 11) is 2.11. The van der Waals surface area contributed by atoms with Crippen molar-refractivity contribution < 1.29 is 0 Å². The summed E-state index contributed by atoms with van der Waals surface area (Å²) in [5, 5.41) is 3.57. The second-order valence-electron chi connectivity index (χ2n) is 5.29. The zero-order chi connectivity index (χ0) is 13.2. The van der Waals surface area contributed by atoms with Gasteiger partial charge in [-0.15, -0.1) is 0 Å². The van der Waals surface area contributed by atoms with Crippen molar-refractivity contribution in [2.24, 2.45) is 7.05 Å². The number of nitrogens with zero attached hydrogens (tertiary/aromatic N) is 3. The fourth-order valence-electron chi connectivity index (χ4n) is 2.95. The molecule has 4 nitrogen and oxygen atoms in total. The Morgan fingerprint density at radius 3 is 2.95 bits per heavy atom. The molecular weight excluding hydrogens is 236 g/mol.